The number of carbonyl (C=O) groups excluding carboxylic acids is 1. The van der Waals surface area contributed by atoms with Gasteiger partial charge in [-0.05, 0) is 31.4 Å². The summed E-state index contributed by atoms with van der Waals surface area (Å²) in [6, 6.07) is 8.07. The van der Waals surface area contributed by atoms with Crippen molar-refractivity contribution in [1.29, 1.82) is 5.26 Å². The number of rotatable bonds is 4. The number of nitrogens with zero attached hydrogens (tertiary/aromatic N) is 3. The predicted molar refractivity (Wildman–Crippen MR) is 80.6 cm³/mol. The van der Waals surface area contributed by atoms with Crippen molar-refractivity contribution < 1.29 is 4.79 Å². The van der Waals surface area contributed by atoms with Crippen LogP contribution in [-0.4, -0.2) is 35.5 Å². The second kappa shape index (κ2) is 7.07. The Bertz CT molecular complexity index is 501. The van der Waals surface area contributed by atoms with Crippen LogP contribution in [0, 0.1) is 11.3 Å². The van der Waals surface area contributed by atoms with Crippen LogP contribution in [0.4, 0.5) is 4.79 Å². The summed E-state index contributed by atoms with van der Waals surface area (Å²) in [4.78, 5) is 18.2. The summed E-state index contributed by atoms with van der Waals surface area (Å²) in [5.74, 6) is 0. The van der Waals surface area contributed by atoms with Gasteiger partial charge < -0.3 is 10.2 Å². The molecule has 1 aromatic rings. The van der Waals surface area contributed by atoms with Crippen LogP contribution < -0.4 is 5.32 Å². The summed E-state index contributed by atoms with van der Waals surface area (Å²) in [6.45, 7) is 4.01. The van der Waals surface area contributed by atoms with Gasteiger partial charge in [-0.25, -0.2) is 4.79 Å². The van der Waals surface area contributed by atoms with Crippen LogP contribution in [-0.2, 0) is 5.41 Å². The molecule has 112 valence electrons. The first kappa shape index (κ1) is 15.3. The molecule has 2 heterocycles. The monoisotopic (exact) mass is 286 g/mol. The highest BCUT2D eigenvalue weighted by molar-refractivity contribution is 5.74. The third kappa shape index (κ3) is 3.52. The average molecular weight is 286 g/mol. The van der Waals surface area contributed by atoms with E-state index in [1.165, 1.54) is 0 Å². The number of hydrogen-bond acceptors (Lipinski definition) is 3. The minimum Gasteiger partial charge on any atom is -0.338 e. The van der Waals surface area contributed by atoms with Crippen molar-refractivity contribution in [2.75, 3.05) is 19.6 Å². The van der Waals surface area contributed by atoms with Gasteiger partial charge in [-0.1, -0.05) is 19.4 Å². The second-order valence-electron chi connectivity index (χ2n) is 5.48. The zero-order chi connectivity index (χ0) is 15.1. The molecule has 1 fully saturated rings. The largest absolute Gasteiger partial charge is 0.338 e. The summed E-state index contributed by atoms with van der Waals surface area (Å²) in [5.41, 5.74) is 0.264. The molecular weight excluding hydrogens is 264 g/mol. The van der Waals surface area contributed by atoms with Crippen molar-refractivity contribution in [3.63, 3.8) is 0 Å². The van der Waals surface area contributed by atoms with Crippen LogP contribution in [0.25, 0.3) is 0 Å². The van der Waals surface area contributed by atoms with Crippen LogP contribution in [0.3, 0.4) is 0 Å². The molecule has 2 rings (SSSR count). The van der Waals surface area contributed by atoms with E-state index in [0.717, 1.165) is 25.1 Å². The molecule has 0 atom stereocenters. The van der Waals surface area contributed by atoms with Crippen molar-refractivity contribution in [1.82, 2.24) is 15.2 Å². The Morgan fingerprint density at radius 3 is 2.81 bits per heavy atom. The van der Waals surface area contributed by atoms with Gasteiger partial charge in [-0.15, -0.1) is 0 Å². The molecule has 0 aromatic carbocycles. The van der Waals surface area contributed by atoms with Gasteiger partial charge in [0.25, 0.3) is 0 Å². The highest BCUT2D eigenvalue weighted by atomic mass is 16.2. The van der Waals surface area contributed by atoms with Gasteiger partial charge in [-0.2, -0.15) is 5.26 Å². The fourth-order valence-corrected chi connectivity index (χ4v) is 2.65. The SMILES string of the molecule is CCCCNC(=O)N1CCC(C#N)(c2ccccn2)CC1. The number of piperidine rings is 1. The summed E-state index contributed by atoms with van der Waals surface area (Å²) in [6.07, 6.45) is 5.06. The Morgan fingerprint density at radius 2 is 2.24 bits per heavy atom. The first-order valence-electron chi connectivity index (χ1n) is 7.57. The van der Waals surface area contributed by atoms with Gasteiger partial charge in [0.05, 0.1) is 11.8 Å². The highest BCUT2D eigenvalue weighted by Gasteiger charge is 2.38. The van der Waals surface area contributed by atoms with Crippen molar-refractivity contribution in [3.05, 3.63) is 30.1 Å². The van der Waals surface area contributed by atoms with Crippen LogP contribution in [0.1, 0.15) is 38.3 Å². The molecule has 1 aromatic heterocycles. The third-order valence-corrected chi connectivity index (χ3v) is 4.08. The number of carbonyl (C=O) groups is 1. The molecule has 0 aliphatic carbocycles. The molecule has 21 heavy (non-hydrogen) atoms. The molecule has 1 saturated heterocycles. The Hall–Kier alpha value is -2.09. The molecule has 5 heteroatoms. The average Bonchev–Trinajstić information content (AvgIpc) is 2.56. The van der Waals surface area contributed by atoms with Gasteiger partial charge in [0, 0.05) is 25.8 Å². The van der Waals surface area contributed by atoms with Gasteiger partial charge in [-0.3, -0.25) is 4.98 Å². The standard InChI is InChI=1S/C16H22N4O/c1-2-3-9-19-15(21)20-11-7-16(13-17,8-12-20)14-6-4-5-10-18-14/h4-6,10H,2-3,7-9,11-12H2,1H3,(H,19,21). The third-order valence-electron chi connectivity index (χ3n) is 4.08. The predicted octanol–water partition coefficient (Wildman–Crippen LogP) is 2.45. The van der Waals surface area contributed by atoms with Crippen molar-refractivity contribution >= 4 is 6.03 Å². The van der Waals surface area contributed by atoms with Crippen LogP contribution in [0.15, 0.2) is 24.4 Å². The minimum atomic E-state index is -0.554. The van der Waals surface area contributed by atoms with Crippen LogP contribution in [0.5, 0.6) is 0 Å². The summed E-state index contributed by atoms with van der Waals surface area (Å²) < 4.78 is 0. The van der Waals surface area contributed by atoms with Crippen LogP contribution in [0.2, 0.25) is 0 Å². The maximum Gasteiger partial charge on any atom is 0.317 e. The molecule has 1 aliphatic heterocycles. The lowest BCUT2D eigenvalue weighted by molar-refractivity contribution is 0.170. The Morgan fingerprint density at radius 1 is 1.48 bits per heavy atom. The van der Waals surface area contributed by atoms with E-state index in [2.05, 4.69) is 23.3 Å². The van der Waals surface area contributed by atoms with Gasteiger partial charge >= 0.3 is 6.03 Å². The van der Waals surface area contributed by atoms with Gasteiger partial charge in [0.1, 0.15) is 5.41 Å². The Balaban J connectivity index is 1.95. The molecule has 1 N–H and O–H groups in total. The number of urea groups is 1. The molecule has 0 radical (unpaired) electrons. The first-order valence-corrected chi connectivity index (χ1v) is 7.57. The number of pyridine rings is 1. The quantitative estimate of drug-likeness (QED) is 0.864. The number of nitriles is 1. The molecular formula is C16H22N4O. The fraction of sp³-hybridized carbons (Fsp3) is 0.562. The lowest BCUT2D eigenvalue weighted by Crippen LogP contribution is -2.48. The lowest BCUT2D eigenvalue weighted by atomic mass is 9.77. The number of amides is 2. The number of aromatic nitrogens is 1. The van der Waals surface area contributed by atoms with E-state index >= 15 is 0 Å². The Kier molecular flexibility index (Phi) is 5.15. The zero-order valence-electron chi connectivity index (χ0n) is 12.5. The van der Waals surface area contributed by atoms with Crippen molar-refractivity contribution in [2.24, 2.45) is 0 Å². The second-order valence-corrected chi connectivity index (χ2v) is 5.48. The van der Waals surface area contributed by atoms with Gasteiger partial charge in [0.15, 0.2) is 0 Å². The number of nitrogens with one attached hydrogen (secondary N) is 1. The van der Waals surface area contributed by atoms with Crippen molar-refractivity contribution in [3.8, 4) is 6.07 Å². The maximum atomic E-state index is 12.0. The molecule has 0 bridgehead atoms. The van der Waals surface area contributed by atoms with E-state index < -0.39 is 5.41 Å². The number of hydrogen-bond donors (Lipinski definition) is 1. The van der Waals surface area contributed by atoms with Crippen molar-refractivity contribution in [2.45, 2.75) is 38.0 Å². The van der Waals surface area contributed by atoms with E-state index in [-0.39, 0.29) is 6.03 Å². The topological polar surface area (TPSA) is 69.0 Å². The minimum absolute atomic E-state index is 0.0176. The first-order chi connectivity index (χ1) is 10.2. The molecule has 1 aliphatic rings. The Labute approximate surface area is 126 Å². The molecule has 0 unspecified atom stereocenters. The van der Waals surface area contributed by atoms with Gasteiger partial charge in [0.2, 0.25) is 0 Å². The summed E-state index contributed by atoms with van der Waals surface area (Å²) >= 11 is 0. The maximum absolute atomic E-state index is 12.0. The molecule has 2 amide bonds. The van der Waals surface area contributed by atoms with Crippen LogP contribution >= 0.6 is 0 Å². The normalized spacial score (nSPS) is 17.0. The molecule has 0 spiro atoms. The van der Waals surface area contributed by atoms with E-state index in [1.807, 2.05) is 18.2 Å². The summed E-state index contributed by atoms with van der Waals surface area (Å²) in [7, 11) is 0. The summed E-state index contributed by atoms with van der Waals surface area (Å²) in [5, 5.41) is 12.5. The van der Waals surface area contributed by atoms with E-state index in [0.29, 0.717) is 25.9 Å². The lowest BCUT2D eigenvalue weighted by Gasteiger charge is -2.36. The zero-order valence-corrected chi connectivity index (χ0v) is 12.5. The molecule has 0 saturated carbocycles. The number of likely N-dealkylation sites (tertiary alicyclic amines) is 1. The smallest absolute Gasteiger partial charge is 0.317 e. The molecule has 5 nitrogen and oxygen atoms in total. The van der Waals surface area contributed by atoms with E-state index in [9.17, 15) is 10.1 Å². The highest BCUT2D eigenvalue weighted by Crippen LogP contribution is 2.33. The number of unbranched alkanes of at least 4 members (excludes halogenated alkanes) is 1. The fourth-order valence-electron chi connectivity index (χ4n) is 2.65. The van der Waals surface area contributed by atoms with E-state index in [1.54, 1.807) is 11.1 Å². The van der Waals surface area contributed by atoms with E-state index in [4.69, 9.17) is 0 Å².